The number of nitrogens with one attached hydrogen (secondary N) is 1. The number of hydrogen-bond donors (Lipinski definition) is 1. The molecule has 0 aliphatic rings. The van der Waals surface area contributed by atoms with Gasteiger partial charge >= 0.3 is 0 Å². The number of carbonyl (C=O) groups is 1. The Morgan fingerprint density at radius 3 is 2.14 bits per heavy atom. The van der Waals surface area contributed by atoms with Gasteiger partial charge in [0.25, 0.3) is 5.91 Å². The van der Waals surface area contributed by atoms with Gasteiger partial charge < -0.3 is 0 Å². The summed E-state index contributed by atoms with van der Waals surface area (Å²) in [5.74, 6) is -0.225. The first-order chi connectivity index (χ1) is 14.3. The number of nitrogens with zero attached hydrogens (tertiary/aromatic N) is 1. The summed E-state index contributed by atoms with van der Waals surface area (Å²) in [4.78, 5) is 12.5. The van der Waals surface area contributed by atoms with Crippen molar-refractivity contribution in [2.45, 2.75) is 0 Å². The predicted molar refractivity (Wildman–Crippen MR) is 120 cm³/mol. The van der Waals surface area contributed by atoms with Gasteiger partial charge in [0.15, 0.2) is 0 Å². The second-order valence-corrected chi connectivity index (χ2v) is 6.99. The van der Waals surface area contributed by atoms with Crippen molar-refractivity contribution in [1.29, 1.82) is 0 Å². The monoisotopic (exact) mass is 374 g/mol. The lowest BCUT2D eigenvalue weighted by Crippen LogP contribution is -2.17. The molecular formula is C26H18N2O. The topological polar surface area (TPSA) is 41.5 Å². The summed E-state index contributed by atoms with van der Waals surface area (Å²) < 4.78 is 0. The van der Waals surface area contributed by atoms with E-state index in [1.807, 2.05) is 66.7 Å². The van der Waals surface area contributed by atoms with Crippen LogP contribution >= 0.6 is 0 Å². The maximum Gasteiger partial charge on any atom is 0.271 e. The maximum atomic E-state index is 12.5. The molecule has 1 N–H and O–H groups in total. The molecule has 0 heterocycles. The van der Waals surface area contributed by atoms with Crippen molar-refractivity contribution in [3.05, 3.63) is 108 Å². The van der Waals surface area contributed by atoms with Crippen LogP contribution < -0.4 is 5.43 Å². The van der Waals surface area contributed by atoms with Crippen molar-refractivity contribution < 1.29 is 4.79 Å². The van der Waals surface area contributed by atoms with E-state index in [1.165, 1.54) is 10.8 Å². The Balaban J connectivity index is 1.46. The van der Waals surface area contributed by atoms with Crippen LogP contribution in [-0.4, -0.2) is 12.1 Å². The molecule has 0 aromatic heterocycles. The van der Waals surface area contributed by atoms with E-state index in [4.69, 9.17) is 0 Å². The first kappa shape index (κ1) is 17.1. The second kappa shape index (κ2) is 7.21. The van der Waals surface area contributed by atoms with Gasteiger partial charge in [-0.2, -0.15) is 5.10 Å². The molecule has 5 aromatic rings. The van der Waals surface area contributed by atoms with Crippen molar-refractivity contribution in [2.24, 2.45) is 5.10 Å². The summed E-state index contributed by atoms with van der Waals surface area (Å²) in [5.41, 5.74) is 4.21. The van der Waals surface area contributed by atoms with Crippen LogP contribution in [0.5, 0.6) is 0 Å². The zero-order valence-electron chi connectivity index (χ0n) is 15.7. The lowest BCUT2D eigenvalue weighted by atomic mass is 9.98. The van der Waals surface area contributed by atoms with Gasteiger partial charge in [-0.3, -0.25) is 4.79 Å². The quantitative estimate of drug-likeness (QED) is 0.238. The Kier molecular flexibility index (Phi) is 4.26. The molecule has 138 valence electrons. The van der Waals surface area contributed by atoms with Gasteiger partial charge in [0.1, 0.15) is 0 Å². The Morgan fingerprint density at radius 2 is 1.31 bits per heavy atom. The van der Waals surface area contributed by atoms with Crippen molar-refractivity contribution >= 4 is 44.4 Å². The van der Waals surface area contributed by atoms with Crippen LogP contribution in [0.4, 0.5) is 0 Å². The molecule has 1 amide bonds. The summed E-state index contributed by atoms with van der Waals surface area (Å²) in [7, 11) is 0. The zero-order chi connectivity index (χ0) is 19.6. The molecule has 29 heavy (non-hydrogen) atoms. The van der Waals surface area contributed by atoms with Gasteiger partial charge in [-0.1, -0.05) is 78.9 Å². The fourth-order valence-electron chi connectivity index (χ4n) is 3.75. The Morgan fingerprint density at radius 1 is 0.655 bits per heavy atom. The molecule has 0 fully saturated rings. The summed E-state index contributed by atoms with van der Waals surface area (Å²) in [5, 5.41) is 11.0. The minimum atomic E-state index is -0.225. The van der Waals surface area contributed by atoms with Gasteiger partial charge in [-0.05, 0) is 50.5 Å². The average molecular weight is 374 g/mol. The standard InChI is InChI=1S/C26H18N2O/c29-26(21-14-13-18-7-1-2-8-19(18)15-21)28-27-17-22-16-20-9-3-4-10-23(20)25-12-6-5-11-24(22)25/h1-17H,(H,28,29). The fraction of sp³-hybridized carbons (Fsp3) is 0. The molecule has 5 rings (SSSR count). The normalized spacial score (nSPS) is 11.4. The average Bonchev–Trinajstić information content (AvgIpc) is 2.78. The van der Waals surface area contributed by atoms with E-state index >= 15 is 0 Å². The van der Waals surface area contributed by atoms with Crippen molar-refractivity contribution in [3.8, 4) is 0 Å². The van der Waals surface area contributed by atoms with E-state index in [0.29, 0.717) is 5.56 Å². The van der Waals surface area contributed by atoms with Crippen molar-refractivity contribution in [2.75, 3.05) is 0 Å². The lowest BCUT2D eigenvalue weighted by Gasteiger charge is -2.07. The van der Waals surface area contributed by atoms with Crippen LogP contribution in [0.1, 0.15) is 15.9 Å². The highest BCUT2D eigenvalue weighted by molar-refractivity contribution is 6.14. The molecule has 0 aliphatic carbocycles. The summed E-state index contributed by atoms with van der Waals surface area (Å²) in [6, 6.07) is 32.3. The number of fused-ring (bicyclic) bond motifs is 4. The Labute approximate surface area is 168 Å². The van der Waals surface area contributed by atoms with E-state index in [2.05, 4.69) is 40.9 Å². The number of hydrazone groups is 1. The number of carbonyl (C=O) groups excluding carboxylic acids is 1. The molecule has 0 unspecified atom stereocenters. The maximum absolute atomic E-state index is 12.5. The minimum Gasteiger partial charge on any atom is -0.267 e. The van der Waals surface area contributed by atoms with Crippen LogP contribution in [0.15, 0.2) is 102 Å². The van der Waals surface area contributed by atoms with E-state index in [-0.39, 0.29) is 5.91 Å². The molecule has 0 atom stereocenters. The molecular weight excluding hydrogens is 356 g/mol. The number of benzene rings is 5. The molecule has 0 bridgehead atoms. The Hall–Kier alpha value is -3.98. The first-order valence-corrected chi connectivity index (χ1v) is 9.52. The smallest absolute Gasteiger partial charge is 0.267 e. The molecule has 0 saturated heterocycles. The van der Waals surface area contributed by atoms with E-state index in [0.717, 1.165) is 27.1 Å². The number of rotatable bonds is 3. The van der Waals surface area contributed by atoms with E-state index in [9.17, 15) is 4.79 Å². The number of hydrogen-bond acceptors (Lipinski definition) is 2. The molecule has 3 nitrogen and oxygen atoms in total. The summed E-state index contributed by atoms with van der Waals surface area (Å²) >= 11 is 0. The van der Waals surface area contributed by atoms with Gasteiger partial charge in [0.05, 0.1) is 6.21 Å². The largest absolute Gasteiger partial charge is 0.271 e. The molecule has 3 heteroatoms. The molecule has 0 saturated carbocycles. The SMILES string of the molecule is O=C(NN=Cc1cc2ccccc2c2ccccc12)c1ccc2ccccc2c1. The minimum absolute atomic E-state index is 0.225. The number of amides is 1. The highest BCUT2D eigenvalue weighted by atomic mass is 16.2. The van der Waals surface area contributed by atoms with Crippen LogP contribution in [-0.2, 0) is 0 Å². The fourth-order valence-corrected chi connectivity index (χ4v) is 3.75. The van der Waals surface area contributed by atoms with Crippen LogP contribution in [0.25, 0.3) is 32.3 Å². The van der Waals surface area contributed by atoms with Crippen molar-refractivity contribution in [3.63, 3.8) is 0 Å². The van der Waals surface area contributed by atoms with E-state index in [1.54, 1.807) is 6.21 Å². The van der Waals surface area contributed by atoms with Gasteiger partial charge in [-0.25, -0.2) is 5.43 Å². The second-order valence-electron chi connectivity index (χ2n) is 6.99. The van der Waals surface area contributed by atoms with E-state index < -0.39 is 0 Å². The zero-order valence-corrected chi connectivity index (χ0v) is 15.7. The van der Waals surface area contributed by atoms with Crippen LogP contribution in [0.2, 0.25) is 0 Å². The lowest BCUT2D eigenvalue weighted by molar-refractivity contribution is 0.0955. The molecule has 0 radical (unpaired) electrons. The predicted octanol–water partition coefficient (Wildman–Crippen LogP) is 5.91. The third-order valence-corrected chi connectivity index (χ3v) is 5.18. The van der Waals surface area contributed by atoms with Gasteiger partial charge in [0.2, 0.25) is 0 Å². The molecule has 0 aliphatic heterocycles. The third-order valence-electron chi connectivity index (χ3n) is 5.18. The third kappa shape index (κ3) is 3.23. The first-order valence-electron chi connectivity index (χ1n) is 9.52. The highest BCUT2D eigenvalue weighted by Gasteiger charge is 2.07. The summed E-state index contributed by atoms with van der Waals surface area (Å²) in [6.07, 6.45) is 1.72. The van der Waals surface area contributed by atoms with Crippen LogP contribution in [0, 0.1) is 0 Å². The molecule has 5 aromatic carbocycles. The molecule has 0 spiro atoms. The highest BCUT2D eigenvalue weighted by Crippen LogP contribution is 2.27. The van der Waals surface area contributed by atoms with Crippen LogP contribution in [0.3, 0.4) is 0 Å². The van der Waals surface area contributed by atoms with Gasteiger partial charge in [-0.15, -0.1) is 0 Å². The summed E-state index contributed by atoms with van der Waals surface area (Å²) in [6.45, 7) is 0. The Bertz CT molecular complexity index is 1400. The van der Waals surface area contributed by atoms with Crippen molar-refractivity contribution in [1.82, 2.24) is 5.43 Å². The van der Waals surface area contributed by atoms with Gasteiger partial charge in [0, 0.05) is 11.1 Å².